The molecular weight excluding hydrogens is 278 g/mol. The quantitative estimate of drug-likeness (QED) is 0.725. The number of hydrogen-bond acceptors (Lipinski definition) is 3. The van der Waals surface area contributed by atoms with Crippen molar-refractivity contribution < 1.29 is 9.90 Å². The van der Waals surface area contributed by atoms with Gasteiger partial charge in [0.2, 0.25) is 5.91 Å². The Morgan fingerprint density at radius 1 is 1.32 bits per heavy atom. The lowest BCUT2D eigenvalue weighted by molar-refractivity contribution is -0.125. The van der Waals surface area contributed by atoms with Crippen LogP contribution in [0.2, 0.25) is 0 Å². The molecule has 0 aliphatic rings. The molecule has 2 heterocycles. The van der Waals surface area contributed by atoms with Gasteiger partial charge in [-0.2, -0.15) is 0 Å². The fourth-order valence-corrected chi connectivity index (χ4v) is 2.40. The second-order valence-electron chi connectivity index (χ2n) is 5.14. The Morgan fingerprint density at radius 2 is 2.14 bits per heavy atom. The molecule has 22 heavy (non-hydrogen) atoms. The van der Waals surface area contributed by atoms with Crippen LogP contribution >= 0.6 is 0 Å². The first-order chi connectivity index (χ1) is 10.7. The highest BCUT2D eigenvalue weighted by atomic mass is 16.3. The lowest BCUT2D eigenvalue weighted by Gasteiger charge is -2.12. The molecule has 3 aromatic rings. The molecule has 2 aromatic heterocycles. The van der Waals surface area contributed by atoms with Crippen molar-refractivity contribution in [2.45, 2.75) is 0 Å². The van der Waals surface area contributed by atoms with Gasteiger partial charge in [-0.3, -0.25) is 9.78 Å². The number of carbonyl (C=O) groups excluding carboxylic acids is 1. The summed E-state index contributed by atoms with van der Waals surface area (Å²) in [5, 5.41) is 11.1. The number of carbonyl (C=O) groups is 1. The Bertz CT molecular complexity index is 851. The van der Waals surface area contributed by atoms with Gasteiger partial charge >= 0.3 is 0 Å². The number of likely N-dealkylation sites (N-methyl/N-ethyl adjacent to an activating group) is 1. The number of H-pyrrole nitrogens is 1. The SMILES string of the molecule is CN(CCO)C(=O)/C=C/c1cc2c(cn1)[nH]c1ccccc12. The predicted octanol–water partition coefficient (Wildman–Crippen LogP) is 2.18. The number of para-hydroxylation sites is 1. The molecule has 1 amide bonds. The third kappa shape index (κ3) is 2.71. The summed E-state index contributed by atoms with van der Waals surface area (Å²) < 4.78 is 0. The molecule has 5 heteroatoms. The third-order valence-corrected chi connectivity index (χ3v) is 3.62. The van der Waals surface area contributed by atoms with Crippen LogP contribution in [0.4, 0.5) is 0 Å². The molecule has 0 radical (unpaired) electrons. The maximum absolute atomic E-state index is 11.8. The fraction of sp³-hybridized carbons (Fsp3) is 0.176. The van der Waals surface area contributed by atoms with Gasteiger partial charge in [-0.15, -0.1) is 0 Å². The maximum Gasteiger partial charge on any atom is 0.246 e. The van der Waals surface area contributed by atoms with Crippen LogP contribution in [0, 0.1) is 0 Å². The van der Waals surface area contributed by atoms with E-state index in [4.69, 9.17) is 5.11 Å². The van der Waals surface area contributed by atoms with Crippen LogP contribution in [0.5, 0.6) is 0 Å². The average molecular weight is 295 g/mol. The smallest absolute Gasteiger partial charge is 0.246 e. The van der Waals surface area contributed by atoms with Gasteiger partial charge in [0.25, 0.3) is 0 Å². The zero-order valence-electron chi connectivity index (χ0n) is 12.3. The molecule has 0 saturated heterocycles. The molecule has 0 atom stereocenters. The van der Waals surface area contributed by atoms with E-state index >= 15 is 0 Å². The topological polar surface area (TPSA) is 69.2 Å². The van der Waals surface area contributed by atoms with Crippen molar-refractivity contribution in [1.82, 2.24) is 14.9 Å². The number of nitrogens with one attached hydrogen (secondary N) is 1. The van der Waals surface area contributed by atoms with E-state index in [2.05, 4.69) is 16.0 Å². The third-order valence-electron chi connectivity index (χ3n) is 3.62. The Kier molecular flexibility index (Phi) is 3.89. The predicted molar refractivity (Wildman–Crippen MR) is 87.4 cm³/mol. The summed E-state index contributed by atoms with van der Waals surface area (Å²) in [5.41, 5.74) is 2.77. The number of aliphatic hydroxyl groups is 1. The monoisotopic (exact) mass is 295 g/mol. The maximum atomic E-state index is 11.8. The van der Waals surface area contributed by atoms with Crippen molar-refractivity contribution in [2.24, 2.45) is 0 Å². The van der Waals surface area contributed by atoms with Crippen molar-refractivity contribution >= 4 is 33.8 Å². The van der Waals surface area contributed by atoms with Gasteiger partial charge in [0.15, 0.2) is 0 Å². The van der Waals surface area contributed by atoms with Crippen LogP contribution in [0.3, 0.4) is 0 Å². The van der Waals surface area contributed by atoms with Crippen molar-refractivity contribution in [3.63, 3.8) is 0 Å². The molecule has 0 unspecified atom stereocenters. The Labute approximate surface area is 127 Å². The zero-order chi connectivity index (χ0) is 15.5. The summed E-state index contributed by atoms with van der Waals surface area (Å²) in [4.78, 5) is 20.9. The number of hydrogen-bond donors (Lipinski definition) is 2. The zero-order valence-corrected chi connectivity index (χ0v) is 12.3. The molecule has 1 aromatic carbocycles. The van der Waals surface area contributed by atoms with Crippen LogP contribution in [0.25, 0.3) is 27.9 Å². The normalized spacial score (nSPS) is 11.5. The van der Waals surface area contributed by atoms with E-state index in [0.29, 0.717) is 6.54 Å². The van der Waals surface area contributed by atoms with Gasteiger partial charge < -0.3 is 15.0 Å². The Balaban J connectivity index is 1.91. The van der Waals surface area contributed by atoms with E-state index in [0.717, 1.165) is 27.5 Å². The van der Waals surface area contributed by atoms with E-state index in [1.54, 1.807) is 19.3 Å². The molecule has 5 nitrogen and oxygen atoms in total. The molecule has 2 N–H and O–H groups in total. The van der Waals surface area contributed by atoms with Gasteiger partial charge in [-0.1, -0.05) is 18.2 Å². The lowest BCUT2D eigenvalue weighted by Crippen LogP contribution is -2.27. The second kappa shape index (κ2) is 5.99. The number of benzene rings is 1. The number of pyridine rings is 1. The first kappa shape index (κ1) is 14.3. The highest BCUT2D eigenvalue weighted by Crippen LogP contribution is 2.25. The summed E-state index contributed by atoms with van der Waals surface area (Å²) in [6, 6.07) is 10.0. The largest absolute Gasteiger partial charge is 0.395 e. The highest BCUT2D eigenvalue weighted by Gasteiger charge is 2.06. The first-order valence-electron chi connectivity index (χ1n) is 7.09. The first-order valence-corrected chi connectivity index (χ1v) is 7.09. The number of amides is 1. The molecule has 112 valence electrons. The van der Waals surface area contributed by atoms with Gasteiger partial charge in [-0.05, 0) is 18.2 Å². The number of fused-ring (bicyclic) bond motifs is 3. The van der Waals surface area contributed by atoms with E-state index in [9.17, 15) is 4.79 Å². The van der Waals surface area contributed by atoms with Crippen molar-refractivity contribution in [3.8, 4) is 0 Å². The minimum absolute atomic E-state index is 0.0460. The number of aromatic nitrogens is 2. The summed E-state index contributed by atoms with van der Waals surface area (Å²) in [7, 11) is 1.65. The molecule has 0 fully saturated rings. The Hall–Kier alpha value is -2.66. The standard InChI is InChI=1S/C17H17N3O2/c1-20(8-9-21)17(22)7-6-12-10-14-13-4-2-3-5-15(13)19-16(14)11-18-12/h2-7,10-11,19,21H,8-9H2,1H3/b7-6+. The summed E-state index contributed by atoms with van der Waals surface area (Å²) >= 11 is 0. The fourth-order valence-electron chi connectivity index (χ4n) is 2.40. The summed E-state index contributed by atoms with van der Waals surface area (Å²) in [5.74, 6) is -0.158. The molecule has 0 bridgehead atoms. The molecule has 0 aliphatic heterocycles. The van der Waals surface area contributed by atoms with Gasteiger partial charge in [-0.25, -0.2) is 0 Å². The second-order valence-corrected chi connectivity index (χ2v) is 5.14. The van der Waals surface area contributed by atoms with Crippen molar-refractivity contribution in [3.05, 3.63) is 48.3 Å². The van der Waals surface area contributed by atoms with E-state index in [1.165, 1.54) is 11.0 Å². The number of aliphatic hydroxyl groups excluding tert-OH is 1. The van der Waals surface area contributed by atoms with E-state index in [1.807, 2.05) is 24.3 Å². The average Bonchev–Trinajstić information content (AvgIpc) is 2.90. The molecule has 0 spiro atoms. The van der Waals surface area contributed by atoms with Crippen LogP contribution < -0.4 is 0 Å². The van der Waals surface area contributed by atoms with Gasteiger partial charge in [0, 0.05) is 36.0 Å². The number of aromatic amines is 1. The minimum Gasteiger partial charge on any atom is -0.395 e. The van der Waals surface area contributed by atoms with E-state index < -0.39 is 0 Å². The van der Waals surface area contributed by atoms with Gasteiger partial charge in [0.1, 0.15) is 0 Å². The summed E-state index contributed by atoms with van der Waals surface area (Å²) in [6.07, 6.45) is 4.94. The van der Waals surface area contributed by atoms with Crippen LogP contribution in [-0.2, 0) is 4.79 Å². The van der Waals surface area contributed by atoms with Crippen molar-refractivity contribution in [2.75, 3.05) is 20.2 Å². The highest BCUT2D eigenvalue weighted by molar-refractivity contribution is 6.07. The van der Waals surface area contributed by atoms with Crippen molar-refractivity contribution in [1.29, 1.82) is 0 Å². The van der Waals surface area contributed by atoms with Crippen LogP contribution in [0.1, 0.15) is 5.69 Å². The van der Waals surface area contributed by atoms with Gasteiger partial charge in [0.05, 0.1) is 24.0 Å². The van der Waals surface area contributed by atoms with Crippen LogP contribution in [0.15, 0.2) is 42.6 Å². The van der Waals surface area contributed by atoms with Crippen LogP contribution in [-0.4, -0.2) is 46.1 Å². The lowest BCUT2D eigenvalue weighted by atomic mass is 10.1. The molecular formula is C17H17N3O2. The van der Waals surface area contributed by atoms with E-state index in [-0.39, 0.29) is 12.5 Å². The number of rotatable bonds is 4. The summed E-state index contributed by atoms with van der Waals surface area (Å²) in [6.45, 7) is 0.272. The molecule has 0 saturated carbocycles. The molecule has 3 rings (SSSR count). The number of nitrogens with zero attached hydrogens (tertiary/aromatic N) is 2. The Morgan fingerprint density at radius 3 is 2.95 bits per heavy atom. The molecule has 0 aliphatic carbocycles. The minimum atomic E-state index is -0.158.